The Bertz CT molecular complexity index is 1230. The van der Waals surface area contributed by atoms with Gasteiger partial charge in [-0.25, -0.2) is 0 Å². The van der Waals surface area contributed by atoms with E-state index in [1.165, 1.54) is 0 Å². The SMILES string of the molecule is CC[C@H](C)[C@H](NC(=O)[C@@H](C[C@H](O)[C@@H](N)COCc1ccc(C)c(OCCCOC)c1)C(C)C)C(=O)NCc1ccc(C#N)cc1. The van der Waals surface area contributed by atoms with Gasteiger partial charge in [-0.05, 0) is 60.1 Å². The third-order valence-electron chi connectivity index (χ3n) is 8.06. The molecule has 0 aliphatic carbocycles. The Labute approximate surface area is 268 Å². The van der Waals surface area contributed by atoms with Crippen LogP contribution < -0.4 is 21.1 Å². The number of aryl methyl sites for hydroxylation is 1. The van der Waals surface area contributed by atoms with Gasteiger partial charge in [-0.2, -0.15) is 5.26 Å². The number of hydrogen-bond acceptors (Lipinski definition) is 8. The summed E-state index contributed by atoms with van der Waals surface area (Å²) in [6.07, 6.45) is 0.644. The van der Waals surface area contributed by atoms with E-state index in [-0.39, 0.29) is 43.2 Å². The van der Waals surface area contributed by atoms with Gasteiger partial charge in [-0.3, -0.25) is 9.59 Å². The van der Waals surface area contributed by atoms with Crippen molar-refractivity contribution in [3.05, 3.63) is 64.7 Å². The molecule has 0 aliphatic rings. The lowest BCUT2D eigenvalue weighted by Gasteiger charge is -2.29. The van der Waals surface area contributed by atoms with Crippen LogP contribution >= 0.6 is 0 Å². The van der Waals surface area contributed by atoms with Gasteiger partial charge >= 0.3 is 0 Å². The van der Waals surface area contributed by atoms with Gasteiger partial charge in [0.2, 0.25) is 11.8 Å². The van der Waals surface area contributed by atoms with Gasteiger partial charge in [0, 0.05) is 32.6 Å². The molecule has 2 amide bonds. The number of carbonyl (C=O) groups excluding carboxylic acids is 2. The highest BCUT2D eigenvalue weighted by Gasteiger charge is 2.32. The minimum Gasteiger partial charge on any atom is -0.493 e. The van der Waals surface area contributed by atoms with Gasteiger partial charge in [-0.1, -0.05) is 58.4 Å². The molecule has 5 atom stereocenters. The second-order valence-electron chi connectivity index (χ2n) is 12.0. The Morgan fingerprint density at radius 2 is 1.73 bits per heavy atom. The second kappa shape index (κ2) is 19.8. The fourth-order valence-corrected chi connectivity index (χ4v) is 4.77. The molecular formula is C35H52N4O6. The second-order valence-corrected chi connectivity index (χ2v) is 12.0. The van der Waals surface area contributed by atoms with E-state index < -0.39 is 24.1 Å². The third-order valence-corrected chi connectivity index (χ3v) is 8.06. The molecular weight excluding hydrogens is 572 g/mol. The zero-order valence-corrected chi connectivity index (χ0v) is 27.7. The fourth-order valence-electron chi connectivity index (χ4n) is 4.77. The number of rotatable bonds is 20. The van der Waals surface area contributed by atoms with Crippen LogP contribution in [0.25, 0.3) is 0 Å². The number of benzene rings is 2. The van der Waals surface area contributed by atoms with E-state index in [1.54, 1.807) is 31.4 Å². The van der Waals surface area contributed by atoms with Crippen LogP contribution in [-0.2, 0) is 32.2 Å². The molecule has 0 saturated carbocycles. The van der Waals surface area contributed by atoms with Gasteiger partial charge in [0.1, 0.15) is 11.8 Å². The maximum atomic E-state index is 13.5. The molecule has 2 aromatic rings. The molecule has 0 bridgehead atoms. The molecule has 0 fully saturated rings. The Morgan fingerprint density at radius 3 is 2.36 bits per heavy atom. The van der Waals surface area contributed by atoms with Crippen molar-refractivity contribution in [2.45, 2.75) is 85.2 Å². The number of aliphatic hydroxyl groups is 1. The maximum absolute atomic E-state index is 13.5. The summed E-state index contributed by atoms with van der Waals surface area (Å²) in [5.41, 5.74) is 9.64. The predicted molar refractivity (Wildman–Crippen MR) is 174 cm³/mol. The van der Waals surface area contributed by atoms with Crippen molar-refractivity contribution in [2.75, 3.05) is 26.9 Å². The quantitative estimate of drug-likeness (QED) is 0.161. The van der Waals surface area contributed by atoms with Crippen molar-refractivity contribution in [3.63, 3.8) is 0 Å². The first-order chi connectivity index (χ1) is 21.5. The van der Waals surface area contributed by atoms with Crippen LogP contribution in [0.1, 0.15) is 69.2 Å². The lowest BCUT2D eigenvalue weighted by molar-refractivity contribution is -0.134. The van der Waals surface area contributed by atoms with Crippen LogP contribution in [0.3, 0.4) is 0 Å². The third kappa shape index (κ3) is 12.8. The molecule has 45 heavy (non-hydrogen) atoms. The van der Waals surface area contributed by atoms with Crippen LogP contribution in [-0.4, -0.2) is 62.0 Å². The predicted octanol–water partition coefficient (Wildman–Crippen LogP) is 4.00. The van der Waals surface area contributed by atoms with Gasteiger partial charge in [0.05, 0.1) is 43.6 Å². The average Bonchev–Trinajstić information content (AvgIpc) is 3.03. The number of amides is 2. The molecule has 248 valence electrons. The molecule has 0 heterocycles. The topological polar surface area (TPSA) is 156 Å². The van der Waals surface area contributed by atoms with Crippen molar-refractivity contribution >= 4 is 11.8 Å². The van der Waals surface area contributed by atoms with E-state index in [1.807, 2.05) is 52.8 Å². The first kappa shape index (κ1) is 37.7. The fraction of sp³-hybridized carbons (Fsp3) is 0.571. The molecule has 0 radical (unpaired) electrons. The summed E-state index contributed by atoms with van der Waals surface area (Å²) in [7, 11) is 1.66. The number of nitriles is 1. The molecule has 10 nitrogen and oxygen atoms in total. The average molecular weight is 625 g/mol. The van der Waals surface area contributed by atoms with Crippen LogP contribution in [0.5, 0.6) is 5.75 Å². The van der Waals surface area contributed by atoms with E-state index in [0.717, 1.165) is 28.9 Å². The number of nitrogens with zero attached hydrogens (tertiary/aromatic N) is 1. The summed E-state index contributed by atoms with van der Waals surface area (Å²) in [4.78, 5) is 26.6. The Balaban J connectivity index is 1.93. The monoisotopic (exact) mass is 624 g/mol. The minimum absolute atomic E-state index is 0.0954. The highest BCUT2D eigenvalue weighted by Crippen LogP contribution is 2.22. The number of aliphatic hydroxyl groups excluding tert-OH is 1. The van der Waals surface area contributed by atoms with Gasteiger partial charge in [0.15, 0.2) is 0 Å². The Hall–Kier alpha value is -3.49. The van der Waals surface area contributed by atoms with Crippen molar-refractivity contribution in [1.29, 1.82) is 5.26 Å². The first-order valence-electron chi connectivity index (χ1n) is 15.8. The molecule has 0 aromatic heterocycles. The summed E-state index contributed by atoms with van der Waals surface area (Å²) in [6.45, 7) is 11.6. The summed E-state index contributed by atoms with van der Waals surface area (Å²) in [5.74, 6) is -0.549. The summed E-state index contributed by atoms with van der Waals surface area (Å²) < 4.78 is 16.8. The van der Waals surface area contributed by atoms with Crippen LogP contribution in [0.15, 0.2) is 42.5 Å². The number of hydrogen-bond donors (Lipinski definition) is 4. The van der Waals surface area contributed by atoms with E-state index in [4.69, 9.17) is 25.2 Å². The normalized spacial score (nSPS) is 14.6. The largest absolute Gasteiger partial charge is 0.493 e. The minimum atomic E-state index is -0.979. The van der Waals surface area contributed by atoms with E-state index >= 15 is 0 Å². The number of nitrogens with one attached hydrogen (secondary N) is 2. The Morgan fingerprint density at radius 1 is 1.04 bits per heavy atom. The highest BCUT2D eigenvalue weighted by molar-refractivity contribution is 5.88. The lowest BCUT2D eigenvalue weighted by atomic mass is 9.86. The smallest absolute Gasteiger partial charge is 0.243 e. The number of nitrogens with two attached hydrogens (primary N) is 1. The molecule has 0 aliphatic heterocycles. The van der Waals surface area contributed by atoms with Crippen molar-refractivity contribution < 1.29 is 28.9 Å². The molecule has 2 rings (SSSR count). The van der Waals surface area contributed by atoms with Crippen LogP contribution in [0, 0.1) is 36.0 Å². The molecule has 5 N–H and O–H groups in total. The molecule has 0 spiro atoms. The van der Waals surface area contributed by atoms with Gasteiger partial charge in [0.25, 0.3) is 0 Å². The summed E-state index contributed by atoms with van der Waals surface area (Å²) >= 11 is 0. The van der Waals surface area contributed by atoms with Crippen molar-refractivity contribution in [2.24, 2.45) is 23.5 Å². The standard InChI is InChI=1S/C35H52N4O6/c1-7-24(4)33(35(42)38-20-27-13-11-26(19-36)12-14-27)39-34(41)29(23(2)3)18-31(40)30(37)22-44-21-28-10-9-25(5)32(17-28)45-16-8-15-43-6/h9-14,17,23-24,29-31,33,40H,7-8,15-16,18,20-22,37H2,1-6H3,(H,38,42)(H,39,41)/t24-,29-,30-,31-,33-/m0/s1. The maximum Gasteiger partial charge on any atom is 0.243 e. The zero-order valence-electron chi connectivity index (χ0n) is 27.7. The molecule has 0 unspecified atom stereocenters. The van der Waals surface area contributed by atoms with Crippen molar-refractivity contribution in [3.8, 4) is 11.8 Å². The number of carbonyl (C=O) groups is 2. The Kier molecular flexibility index (Phi) is 16.6. The van der Waals surface area contributed by atoms with E-state index in [9.17, 15) is 14.7 Å². The zero-order chi connectivity index (χ0) is 33.4. The molecule has 0 saturated heterocycles. The van der Waals surface area contributed by atoms with E-state index in [2.05, 4.69) is 16.7 Å². The lowest BCUT2D eigenvalue weighted by Crippen LogP contribution is -2.52. The summed E-state index contributed by atoms with van der Waals surface area (Å²) in [5, 5.41) is 25.8. The molecule has 2 aromatic carbocycles. The summed E-state index contributed by atoms with van der Waals surface area (Å²) in [6, 6.07) is 13.5. The number of ether oxygens (including phenoxy) is 3. The number of methoxy groups -OCH3 is 1. The van der Waals surface area contributed by atoms with Crippen LogP contribution in [0.2, 0.25) is 0 Å². The van der Waals surface area contributed by atoms with Gasteiger partial charge in [-0.15, -0.1) is 0 Å². The molecule has 10 heteroatoms. The van der Waals surface area contributed by atoms with Crippen molar-refractivity contribution in [1.82, 2.24) is 10.6 Å². The van der Waals surface area contributed by atoms with Gasteiger partial charge < -0.3 is 35.7 Å². The van der Waals surface area contributed by atoms with E-state index in [0.29, 0.717) is 31.8 Å². The first-order valence-corrected chi connectivity index (χ1v) is 15.8. The van der Waals surface area contributed by atoms with Crippen LogP contribution in [0.4, 0.5) is 0 Å². The highest BCUT2D eigenvalue weighted by atomic mass is 16.5.